The normalized spacial score (nSPS) is 18.4. The molecule has 8 nitrogen and oxygen atoms in total. The molecule has 35 heavy (non-hydrogen) atoms. The molecule has 1 aliphatic carbocycles. The number of aromatic nitrogens is 3. The molecule has 0 bridgehead atoms. The topological polar surface area (TPSA) is 91.6 Å². The van der Waals surface area contributed by atoms with Crippen LogP contribution in [0.5, 0.6) is 5.75 Å². The van der Waals surface area contributed by atoms with Crippen molar-refractivity contribution in [1.29, 1.82) is 0 Å². The highest BCUT2D eigenvalue weighted by molar-refractivity contribution is 7.14. The third-order valence-electron chi connectivity index (χ3n) is 6.93. The van der Waals surface area contributed by atoms with Crippen molar-refractivity contribution in [2.24, 2.45) is 5.92 Å². The largest absolute Gasteiger partial charge is 0.502 e. The van der Waals surface area contributed by atoms with Crippen molar-refractivity contribution in [3.8, 4) is 16.3 Å². The fraction of sp³-hybridized carbons (Fsp3) is 0.417. The lowest BCUT2D eigenvalue weighted by Crippen LogP contribution is -2.59. The molecule has 1 aliphatic heterocycles. The number of amides is 1. The number of hydrogen-bond acceptors (Lipinski definition) is 7. The second-order valence-corrected chi connectivity index (χ2v) is 10.2. The van der Waals surface area contributed by atoms with E-state index < -0.39 is 28.7 Å². The van der Waals surface area contributed by atoms with Gasteiger partial charge in [-0.1, -0.05) is 30.2 Å². The maximum atomic E-state index is 14.1. The summed E-state index contributed by atoms with van der Waals surface area (Å²) in [5.41, 5.74) is -0.431. The number of nitrogens with zero attached hydrogens (tertiary/aromatic N) is 5. The van der Waals surface area contributed by atoms with Gasteiger partial charge in [0.2, 0.25) is 5.43 Å². The lowest BCUT2D eigenvalue weighted by atomic mass is 10.1. The quantitative estimate of drug-likeness (QED) is 0.576. The summed E-state index contributed by atoms with van der Waals surface area (Å²) in [4.78, 5) is 27.6. The molecule has 1 amide bonds. The number of benzene rings is 1. The van der Waals surface area contributed by atoms with Gasteiger partial charge in [-0.25, -0.2) is 8.78 Å². The van der Waals surface area contributed by atoms with E-state index in [0.29, 0.717) is 17.5 Å². The molecule has 1 fully saturated rings. The Morgan fingerprint density at radius 3 is 2.63 bits per heavy atom. The molecule has 184 valence electrons. The SMILES string of the molecule is C[C@H]1N(C)C(=O)c2c(O)c(=O)c(-c3nnc(Cc4ccc(F)cc4F)s3)cn2N1CC1CCCC1. The Kier molecular flexibility index (Phi) is 6.04. The molecule has 1 N–H and O–H groups in total. The first-order valence-electron chi connectivity index (χ1n) is 11.5. The zero-order valence-corrected chi connectivity index (χ0v) is 20.2. The third kappa shape index (κ3) is 4.18. The van der Waals surface area contributed by atoms with Gasteiger partial charge in [-0.05, 0) is 37.3 Å². The van der Waals surface area contributed by atoms with Crippen LogP contribution < -0.4 is 10.4 Å². The molecule has 1 saturated carbocycles. The summed E-state index contributed by atoms with van der Waals surface area (Å²) in [6.45, 7) is 2.59. The molecule has 5 rings (SSSR count). The molecule has 3 heterocycles. The predicted octanol–water partition coefficient (Wildman–Crippen LogP) is 3.50. The molecule has 1 aromatic carbocycles. The van der Waals surface area contributed by atoms with Gasteiger partial charge in [0.1, 0.15) is 22.8 Å². The van der Waals surface area contributed by atoms with Crippen LogP contribution in [0.15, 0.2) is 29.2 Å². The van der Waals surface area contributed by atoms with Crippen molar-refractivity contribution >= 4 is 17.2 Å². The Labute approximate surface area is 204 Å². The van der Waals surface area contributed by atoms with Crippen LogP contribution in [0.4, 0.5) is 8.78 Å². The summed E-state index contributed by atoms with van der Waals surface area (Å²) in [6.07, 6.45) is 5.85. The molecule has 3 aromatic rings. The summed E-state index contributed by atoms with van der Waals surface area (Å²) >= 11 is 1.08. The Bertz CT molecular complexity index is 1350. The summed E-state index contributed by atoms with van der Waals surface area (Å²) in [5, 5.41) is 21.6. The van der Waals surface area contributed by atoms with Crippen molar-refractivity contribution in [3.05, 3.63) is 62.5 Å². The van der Waals surface area contributed by atoms with Crippen molar-refractivity contribution in [2.45, 2.75) is 45.2 Å². The maximum Gasteiger partial charge on any atom is 0.277 e. The van der Waals surface area contributed by atoms with E-state index in [1.54, 1.807) is 11.7 Å². The smallest absolute Gasteiger partial charge is 0.277 e. The molecule has 0 saturated heterocycles. The Morgan fingerprint density at radius 1 is 1.17 bits per heavy atom. The molecule has 2 aromatic heterocycles. The Hall–Kier alpha value is -3.34. The van der Waals surface area contributed by atoms with Crippen LogP contribution in [0.1, 0.15) is 53.7 Å². The third-order valence-corrected chi connectivity index (χ3v) is 7.89. The predicted molar refractivity (Wildman–Crippen MR) is 127 cm³/mol. The molecule has 11 heteroatoms. The minimum atomic E-state index is -0.718. The van der Waals surface area contributed by atoms with Gasteiger partial charge in [0, 0.05) is 32.3 Å². The van der Waals surface area contributed by atoms with E-state index in [1.807, 2.05) is 11.9 Å². The second-order valence-electron chi connectivity index (χ2n) is 9.15. The first-order chi connectivity index (χ1) is 16.7. The summed E-state index contributed by atoms with van der Waals surface area (Å²) in [6, 6.07) is 3.32. The Balaban J connectivity index is 1.54. The van der Waals surface area contributed by atoms with Crippen LogP contribution in [0.25, 0.3) is 10.6 Å². The minimum Gasteiger partial charge on any atom is -0.502 e. The number of pyridine rings is 1. The first-order valence-corrected chi connectivity index (χ1v) is 12.4. The molecule has 1 atom stereocenters. The molecular formula is C24H25F2N5O3S. The van der Waals surface area contributed by atoms with Crippen LogP contribution >= 0.6 is 11.3 Å². The number of fused-ring (bicyclic) bond motifs is 1. The van der Waals surface area contributed by atoms with Gasteiger partial charge in [0.25, 0.3) is 5.91 Å². The van der Waals surface area contributed by atoms with E-state index in [1.165, 1.54) is 23.2 Å². The first kappa shape index (κ1) is 23.4. The summed E-state index contributed by atoms with van der Waals surface area (Å²) < 4.78 is 28.9. The van der Waals surface area contributed by atoms with E-state index in [4.69, 9.17) is 0 Å². The summed E-state index contributed by atoms with van der Waals surface area (Å²) in [7, 11) is 1.65. The highest BCUT2D eigenvalue weighted by atomic mass is 32.1. The van der Waals surface area contributed by atoms with Gasteiger partial charge in [-0.2, -0.15) is 0 Å². The zero-order chi connectivity index (χ0) is 24.9. The number of halogens is 2. The highest BCUT2D eigenvalue weighted by Gasteiger charge is 2.37. The molecule has 0 unspecified atom stereocenters. The zero-order valence-electron chi connectivity index (χ0n) is 19.4. The number of hydrogen-bond donors (Lipinski definition) is 1. The number of carbonyl (C=O) groups is 1. The average molecular weight is 502 g/mol. The van der Waals surface area contributed by atoms with Gasteiger partial charge in [-0.15, -0.1) is 10.2 Å². The monoisotopic (exact) mass is 501 g/mol. The van der Waals surface area contributed by atoms with Crippen LogP contribution in [0.2, 0.25) is 0 Å². The number of aromatic hydroxyl groups is 1. The highest BCUT2D eigenvalue weighted by Crippen LogP contribution is 2.32. The lowest BCUT2D eigenvalue weighted by molar-refractivity contribution is 0.0645. The van der Waals surface area contributed by atoms with E-state index in [2.05, 4.69) is 10.2 Å². The fourth-order valence-corrected chi connectivity index (χ4v) is 5.69. The van der Waals surface area contributed by atoms with Gasteiger partial charge in [0.15, 0.2) is 16.5 Å². The standard InChI is InChI=1S/C24H25F2N5O3S/c1-13-29(2)24(34)20-22(33)21(32)17(12-31(20)30(13)11-14-5-3-4-6-14)23-28-27-19(35-23)9-15-7-8-16(25)10-18(15)26/h7-8,10,12-14,33H,3-6,9,11H2,1-2H3/t13-/m0/s1. The number of rotatable bonds is 5. The van der Waals surface area contributed by atoms with E-state index >= 15 is 0 Å². The van der Waals surface area contributed by atoms with Gasteiger partial charge in [-0.3, -0.25) is 19.3 Å². The molecule has 2 aliphatic rings. The maximum absolute atomic E-state index is 14.1. The van der Waals surface area contributed by atoms with Crippen molar-refractivity contribution in [1.82, 2.24) is 19.8 Å². The van der Waals surface area contributed by atoms with Crippen LogP contribution in [-0.4, -0.2) is 50.5 Å². The van der Waals surface area contributed by atoms with E-state index in [-0.39, 0.29) is 34.4 Å². The minimum absolute atomic E-state index is 0.0736. The van der Waals surface area contributed by atoms with Gasteiger partial charge in [0.05, 0.1) is 5.56 Å². The van der Waals surface area contributed by atoms with Crippen LogP contribution in [0.3, 0.4) is 0 Å². The van der Waals surface area contributed by atoms with Crippen molar-refractivity contribution < 1.29 is 18.7 Å². The second kappa shape index (κ2) is 9.03. The fourth-order valence-electron chi connectivity index (χ4n) is 4.82. The Morgan fingerprint density at radius 2 is 1.91 bits per heavy atom. The average Bonchev–Trinajstić information content (AvgIpc) is 3.51. The van der Waals surface area contributed by atoms with E-state index in [9.17, 15) is 23.5 Å². The molecule has 0 spiro atoms. The van der Waals surface area contributed by atoms with Crippen molar-refractivity contribution in [3.63, 3.8) is 0 Å². The molecule has 0 radical (unpaired) electrons. The number of carbonyl (C=O) groups excluding carboxylic acids is 1. The van der Waals surface area contributed by atoms with Gasteiger partial charge < -0.3 is 10.0 Å². The van der Waals surface area contributed by atoms with E-state index in [0.717, 1.165) is 43.1 Å². The van der Waals surface area contributed by atoms with Crippen LogP contribution in [0, 0.1) is 17.6 Å². The van der Waals surface area contributed by atoms with Gasteiger partial charge >= 0.3 is 0 Å². The summed E-state index contributed by atoms with van der Waals surface area (Å²) in [5.74, 6) is -1.98. The van der Waals surface area contributed by atoms with Crippen molar-refractivity contribution in [2.75, 3.05) is 18.6 Å². The van der Waals surface area contributed by atoms with Crippen LogP contribution in [-0.2, 0) is 6.42 Å². The molecular weight excluding hydrogens is 476 g/mol. The lowest BCUT2D eigenvalue weighted by Gasteiger charge is -2.44.